The van der Waals surface area contributed by atoms with E-state index in [2.05, 4.69) is 6.92 Å². The molecule has 4 aliphatic rings. The Balaban J connectivity index is 1.65. The predicted molar refractivity (Wildman–Crippen MR) is 98.8 cm³/mol. The van der Waals surface area contributed by atoms with E-state index in [1.807, 2.05) is 0 Å². The van der Waals surface area contributed by atoms with Gasteiger partial charge in [0.05, 0.1) is 5.41 Å². The van der Waals surface area contributed by atoms with E-state index in [0.29, 0.717) is 30.7 Å². The lowest BCUT2D eigenvalue weighted by molar-refractivity contribution is -0.184. The molecule has 0 aromatic carbocycles. The minimum absolute atomic E-state index is 0.0257. The molecular weight excluding hydrogens is 368 g/mol. The van der Waals surface area contributed by atoms with Crippen molar-refractivity contribution in [3.05, 3.63) is 0 Å². The van der Waals surface area contributed by atoms with Gasteiger partial charge in [-0.05, 0) is 92.1 Å². The minimum atomic E-state index is -0.690. The van der Waals surface area contributed by atoms with Crippen LogP contribution in [0.4, 0.5) is 0 Å². The summed E-state index contributed by atoms with van der Waals surface area (Å²) in [7, 11) is 0. The van der Waals surface area contributed by atoms with Gasteiger partial charge in [-0.1, -0.05) is 13.3 Å². The average Bonchev–Trinajstić information content (AvgIpc) is 3.10. The SMILES string of the molecule is C[C@]12CC[C@@H](OC=O)CC1CC[C@H]1[C@@H]3CCC[C@@]3(C(=O)Cl)[C@@H](OC=O)C[C@@H]12. The lowest BCUT2D eigenvalue weighted by atomic mass is 9.44. The van der Waals surface area contributed by atoms with Crippen LogP contribution in [0.25, 0.3) is 0 Å². The molecule has 0 aromatic rings. The molecule has 0 aromatic heterocycles. The summed E-state index contributed by atoms with van der Waals surface area (Å²) in [4.78, 5) is 34.6. The summed E-state index contributed by atoms with van der Waals surface area (Å²) in [6.45, 7) is 3.44. The Kier molecular flexibility index (Phi) is 5.02. The van der Waals surface area contributed by atoms with Crippen LogP contribution < -0.4 is 0 Å². The van der Waals surface area contributed by atoms with Gasteiger partial charge in [0, 0.05) is 0 Å². The lowest BCUT2D eigenvalue weighted by Crippen LogP contribution is -2.60. The van der Waals surface area contributed by atoms with E-state index >= 15 is 0 Å². The van der Waals surface area contributed by atoms with Crippen molar-refractivity contribution in [3.63, 3.8) is 0 Å². The van der Waals surface area contributed by atoms with E-state index in [0.717, 1.165) is 57.8 Å². The van der Waals surface area contributed by atoms with Gasteiger partial charge in [-0.25, -0.2) is 0 Å². The zero-order chi connectivity index (χ0) is 19.2. The molecule has 0 aliphatic heterocycles. The van der Waals surface area contributed by atoms with Gasteiger partial charge in [-0.3, -0.25) is 14.4 Å². The first-order chi connectivity index (χ1) is 13.0. The van der Waals surface area contributed by atoms with Crippen molar-refractivity contribution in [2.45, 2.75) is 76.9 Å². The summed E-state index contributed by atoms with van der Waals surface area (Å²) in [5, 5.41) is -0.314. The van der Waals surface area contributed by atoms with Gasteiger partial charge in [0.2, 0.25) is 5.24 Å². The van der Waals surface area contributed by atoms with E-state index in [1.54, 1.807) is 0 Å². The molecule has 0 amide bonds. The number of carbonyl (C=O) groups excluding carboxylic acids is 3. The Labute approximate surface area is 165 Å². The topological polar surface area (TPSA) is 69.7 Å². The first-order valence-electron chi connectivity index (χ1n) is 10.4. The lowest BCUT2D eigenvalue weighted by Gasteiger charge is -2.61. The van der Waals surface area contributed by atoms with Gasteiger partial charge < -0.3 is 9.47 Å². The van der Waals surface area contributed by atoms with Crippen LogP contribution in [0.5, 0.6) is 0 Å². The maximum atomic E-state index is 12.6. The quantitative estimate of drug-likeness (QED) is 0.521. The fourth-order valence-electron chi connectivity index (χ4n) is 7.64. The summed E-state index contributed by atoms with van der Waals surface area (Å²) < 4.78 is 10.8. The fourth-order valence-corrected chi connectivity index (χ4v) is 7.99. The third-order valence-corrected chi connectivity index (χ3v) is 9.21. The van der Waals surface area contributed by atoms with Crippen LogP contribution in [-0.2, 0) is 23.9 Å². The third-order valence-electron chi connectivity index (χ3n) is 8.86. The van der Waals surface area contributed by atoms with E-state index in [-0.39, 0.29) is 22.7 Å². The molecule has 0 radical (unpaired) electrons. The molecule has 6 heteroatoms. The smallest absolute Gasteiger partial charge is 0.293 e. The second-order valence-electron chi connectivity index (χ2n) is 9.45. The minimum Gasteiger partial charge on any atom is -0.465 e. The highest BCUT2D eigenvalue weighted by Gasteiger charge is 2.65. The highest BCUT2D eigenvalue weighted by Crippen LogP contribution is 2.67. The number of hydrogen-bond acceptors (Lipinski definition) is 5. The molecule has 4 aliphatic carbocycles. The molecule has 27 heavy (non-hydrogen) atoms. The highest BCUT2D eigenvalue weighted by molar-refractivity contribution is 6.64. The third kappa shape index (κ3) is 2.75. The van der Waals surface area contributed by atoms with Gasteiger partial charge in [0.25, 0.3) is 12.9 Å². The monoisotopic (exact) mass is 396 g/mol. The normalized spacial score (nSPS) is 48.5. The Morgan fingerprint density at radius 2 is 1.78 bits per heavy atom. The molecule has 0 saturated heterocycles. The zero-order valence-electron chi connectivity index (χ0n) is 15.9. The predicted octanol–water partition coefficient (Wildman–Crippen LogP) is 3.86. The van der Waals surface area contributed by atoms with E-state index in [4.69, 9.17) is 21.1 Å². The molecule has 0 N–H and O–H groups in total. The van der Waals surface area contributed by atoms with Gasteiger partial charge >= 0.3 is 0 Å². The number of rotatable bonds is 5. The van der Waals surface area contributed by atoms with Crippen LogP contribution in [0.2, 0.25) is 0 Å². The molecule has 4 rings (SSSR count). The summed E-state index contributed by atoms with van der Waals surface area (Å²) in [5.41, 5.74) is -0.551. The fraction of sp³-hybridized carbons (Fsp3) is 0.857. The number of hydrogen-bond donors (Lipinski definition) is 0. The van der Waals surface area contributed by atoms with Crippen molar-refractivity contribution in [2.24, 2.45) is 34.5 Å². The maximum absolute atomic E-state index is 12.6. The van der Waals surface area contributed by atoms with Crippen LogP contribution >= 0.6 is 11.6 Å². The molecule has 5 nitrogen and oxygen atoms in total. The highest BCUT2D eigenvalue weighted by atomic mass is 35.5. The molecule has 0 spiro atoms. The number of fused-ring (bicyclic) bond motifs is 5. The van der Waals surface area contributed by atoms with Crippen molar-refractivity contribution in [2.75, 3.05) is 0 Å². The molecule has 4 fully saturated rings. The number of carbonyl (C=O) groups is 3. The van der Waals surface area contributed by atoms with E-state index in [1.165, 1.54) is 0 Å². The zero-order valence-corrected chi connectivity index (χ0v) is 16.7. The van der Waals surface area contributed by atoms with Crippen LogP contribution in [-0.4, -0.2) is 30.4 Å². The molecule has 150 valence electrons. The van der Waals surface area contributed by atoms with Crippen molar-refractivity contribution in [1.29, 1.82) is 0 Å². The molecule has 0 bridgehead atoms. The summed E-state index contributed by atoms with van der Waals surface area (Å²) in [6, 6.07) is 0. The Morgan fingerprint density at radius 1 is 1.00 bits per heavy atom. The Hall–Kier alpha value is -1.10. The average molecular weight is 397 g/mol. The molecule has 4 saturated carbocycles. The van der Waals surface area contributed by atoms with Crippen molar-refractivity contribution in [1.82, 2.24) is 0 Å². The largest absolute Gasteiger partial charge is 0.465 e. The number of ether oxygens (including phenoxy) is 2. The van der Waals surface area contributed by atoms with Gasteiger partial charge in [-0.15, -0.1) is 0 Å². The van der Waals surface area contributed by atoms with Crippen LogP contribution in [0, 0.1) is 34.5 Å². The van der Waals surface area contributed by atoms with Crippen LogP contribution in [0.1, 0.15) is 64.7 Å². The van der Waals surface area contributed by atoms with Crippen molar-refractivity contribution in [3.8, 4) is 0 Å². The van der Waals surface area contributed by atoms with E-state index < -0.39 is 11.5 Å². The summed E-state index contributed by atoms with van der Waals surface area (Å²) in [6.07, 6.45) is 8.06. The standard InChI is InChI=1S/C21H29ClO5/c1-20-8-6-14(26-11-23)9-13(20)4-5-15-16-3-2-7-21(16,19(22)25)18(27-12-24)10-17(15)20/h11-18H,2-10H2,1H3/t13?,14-,15+,16+,17+,18+,20+,21+/m1/s1. The van der Waals surface area contributed by atoms with Crippen molar-refractivity contribution < 1.29 is 23.9 Å². The van der Waals surface area contributed by atoms with Crippen LogP contribution in [0.3, 0.4) is 0 Å². The van der Waals surface area contributed by atoms with Crippen molar-refractivity contribution >= 4 is 29.8 Å². The van der Waals surface area contributed by atoms with E-state index in [9.17, 15) is 14.4 Å². The molecule has 1 unspecified atom stereocenters. The Morgan fingerprint density at radius 3 is 2.48 bits per heavy atom. The maximum Gasteiger partial charge on any atom is 0.293 e. The molecule has 8 atom stereocenters. The molecular formula is C21H29ClO5. The van der Waals surface area contributed by atoms with Gasteiger partial charge in [-0.2, -0.15) is 0 Å². The second-order valence-corrected chi connectivity index (χ2v) is 9.79. The van der Waals surface area contributed by atoms with Gasteiger partial charge in [0.1, 0.15) is 12.2 Å². The Bertz CT molecular complexity index is 624. The second kappa shape index (κ2) is 7.06. The summed E-state index contributed by atoms with van der Waals surface area (Å²) in [5.74, 6) is 1.61. The summed E-state index contributed by atoms with van der Waals surface area (Å²) >= 11 is 6.15. The first kappa shape index (κ1) is 19.2. The van der Waals surface area contributed by atoms with Crippen LogP contribution in [0.15, 0.2) is 0 Å². The van der Waals surface area contributed by atoms with Gasteiger partial charge in [0.15, 0.2) is 0 Å². The number of halogens is 1. The first-order valence-corrected chi connectivity index (χ1v) is 10.7. The molecule has 0 heterocycles.